The molecule has 2 N–H and O–H groups in total. The summed E-state index contributed by atoms with van der Waals surface area (Å²) in [5, 5.41) is 5.85. The van der Waals surface area contributed by atoms with Crippen molar-refractivity contribution in [3.8, 4) is 0 Å². The summed E-state index contributed by atoms with van der Waals surface area (Å²) >= 11 is 0. The van der Waals surface area contributed by atoms with Gasteiger partial charge in [0.2, 0.25) is 5.91 Å². The minimum absolute atomic E-state index is 0.0175. The van der Waals surface area contributed by atoms with E-state index in [9.17, 15) is 4.79 Å². The topological polar surface area (TPSA) is 41.1 Å². The molecule has 1 amide bonds. The lowest BCUT2D eigenvalue weighted by Gasteiger charge is -2.09. The van der Waals surface area contributed by atoms with Crippen LogP contribution in [0, 0.1) is 0 Å². The molecule has 76 valence electrons. The van der Waals surface area contributed by atoms with Crippen LogP contribution in [0.1, 0.15) is 13.8 Å². The van der Waals surface area contributed by atoms with Crippen LogP contribution in [-0.2, 0) is 4.79 Å². The minimum Gasteiger partial charge on any atom is -0.376 e. The molecule has 0 aliphatic heterocycles. The van der Waals surface area contributed by atoms with Crippen molar-refractivity contribution in [1.82, 2.24) is 5.32 Å². The third-order valence-corrected chi connectivity index (χ3v) is 1.68. The van der Waals surface area contributed by atoms with Crippen LogP contribution in [-0.4, -0.2) is 18.5 Å². The maximum Gasteiger partial charge on any atom is 0.239 e. The highest BCUT2D eigenvalue weighted by atomic mass is 16.1. The predicted molar refractivity (Wildman–Crippen MR) is 58.2 cm³/mol. The normalized spacial score (nSPS) is 9.93. The Kier molecular flexibility index (Phi) is 3.98. The monoisotopic (exact) mass is 192 g/mol. The molecular weight excluding hydrogens is 176 g/mol. The van der Waals surface area contributed by atoms with Crippen LogP contribution in [0.15, 0.2) is 30.3 Å². The standard InChI is InChI=1S/C11H16N2O/c1-9(2)13-11(14)8-12-10-6-4-3-5-7-10/h3-7,9,12H,8H2,1-2H3,(H,13,14). The number of nitrogens with one attached hydrogen (secondary N) is 2. The molecule has 0 saturated heterocycles. The SMILES string of the molecule is CC(C)NC(=O)CNc1ccccc1. The molecule has 0 fully saturated rings. The van der Waals surface area contributed by atoms with Gasteiger partial charge in [-0.05, 0) is 26.0 Å². The Bertz CT molecular complexity index is 283. The van der Waals surface area contributed by atoms with E-state index in [-0.39, 0.29) is 11.9 Å². The summed E-state index contributed by atoms with van der Waals surface area (Å²) in [4.78, 5) is 11.3. The van der Waals surface area contributed by atoms with E-state index < -0.39 is 0 Å². The molecule has 14 heavy (non-hydrogen) atoms. The zero-order valence-corrected chi connectivity index (χ0v) is 8.58. The van der Waals surface area contributed by atoms with Crippen LogP contribution in [0.3, 0.4) is 0 Å². The minimum atomic E-state index is 0.0175. The molecule has 1 aromatic rings. The van der Waals surface area contributed by atoms with E-state index in [0.29, 0.717) is 6.54 Å². The van der Waals surface area contributed by atoms with Gasteiger partial charge in [0.1, 0.15) is 0 Å². The van der Waals surface area contributed by atoms with Crippen molar-refractivity contribution < 1.29 is 4.79 Å². The number of rotatable bonds is 4. The lowest BCUT2D eigenvalue weighted by Crippen LogP contribution is -2.34. The fourth-order valence-electron chi connectivity index (χ4n) is 1.11. The summed E-state index contributed by atoms with van der Waals surface area (Å²) < 4.78 is 0. The Morgan fingerprint density at radius 1 is 1.29 bits per heavy atom. The quantitative estimate of drug-likeness (QED) is 0.761. The van der Waals surface area contributed by atoms with Crippen molar-refractivity contribution in [1.29, 1.82) is 0 Å². The summed E-state index contributed by atoms with van der Waals surface area (Å²) in [5.41, 5.74) is 0.964. The number of benzene rings is 1. The van der Waals surface area contributed by atoms with Gasteiger partial charge in [0, 0.05) is 11.7 Å². The van der Waals surface area contributed by atoms with Gasteiger partial charge in [-0.1, -0.05) is 18.2 Å². The summed E-state index contributed by atoms with van der Waals surface area (Å²) in [5.74, 6) is 0.0175. The molecular formula is C11H16N2O. The Morgan fingerprint density at radius 3 is 2.50 bits per heavy atom. The highest BCUT2D eigenvalue weighted by Gasteiger charge is 2.01. The van der Waals surface area contributed by atoms with Crippen molar-refractivity contribution in [2.24, 2.45) is 0 Å². The maximum absolute atomic E-state index is 11.3. The van der Waals surface area contributed by atoms with Gasteiger partial charge in [-0.3, -0.25) is 4.79 Å². The second-order valence-electron chi connectivity index (χ2n) is 3.44. The number of amides is 1. The fraction of sp³-hybridized carbons (Fsp3) is 0.364. The van der Waals surface area contributed by atoms with Crippen LogP contribution in [0.5, 0.6) is 0 Å². The Labute approximate surface area is 84.5 Å². The van der Waals surface area contributed by atoms with Crippen molar-refractivity contribution in [3.05, 3.63) is 30.3 Å². The molecule has 0 radical (unpaired) electrons. The predicted octanol–water partition coefficient (Wildman–Crippen LogP) is 1.62. The Balaban J connectivity index is 2.31. The van der Waals surface area contributed by atoms with Gasteiger partial charge in [0.25, 0.3) is 0 Å². The molecule has 0 atom stereocenters. The van der Waals surface area contributed by atoms with Gasteiger partial charge < -0.3 is 10.6 Å². The smallest absolute Gasteiger partial charge is 0.239 e. The molecule has 3 nitrogen and oxygen atoms in total. The fourth-order valence-corrected chi connectivity index (χ4v) is 1.11. The number of para-hydroxylation sites is 1. The highest BCUT2D eigenvalue weighted by molar-refractivity contribution is 5.80. The van der Waals surface area contributed by atoms with Crippen molar-refractivity contribution >= 4 is 11.6 Å². The van der Waals surface area contributed by atoms with Crippen molar-refractivity contribution in [2.75, 3.05) is 11.9 Å². The first-order valence-electron chi connectivity index (χ1n) is 4.77. The van der Waals surface area contributed by atoms with Crippen LogP contribution >= 0.6 is 0 Å². The summed E-state index contributed by atoms with van der Waals surface area (Å²) in [6.07, 6.45) is 0. The third kappa shape index (κ3) is 3.94. The Morgan fingerprint density at radius 2 is 1.93 bits per heavy atom. The number of carbonyl (C=O) groups excluding carboxylic acids is 1. The molecule has 0 aliphatic carbocycles. The second-order valence-corrected chi connectivity index (χ2v) is 3.44. The van der Waals surface area contributed by atoms with E-state index in [1.807, 2.05) is 44.2 Å². The molecule has 0 spiro atoms. The molecule has 0 heterocycles. The average Bonchev–Trinajstić information content (AvgIpc) is 2.15. The molecule has 1 aromatic carbocycles. The van der Waals surface area contributed by atoms with E-state index in [0.717, 1.165) is 5.69 Å². The third-order valence-electron chi connectivity index (χ3n) is 1.68. The first-order valence-corrected chi connectivity index (χ1v) is 4.77. The first kappa shape index (κ1) is 10.6. The van der Waals surface area contributed by atoms with Gasteiger partial charge in [-0.25, -0.2) is 0 Å². The molecule has 0 aliphatic rings. The van der Waals surface area contributed by atoms with E-state index in [1.54, 1.807) is 0 Å². The zero-order valence-electron chi connectivity index (χ0n) is 8.58. The molecule has 3 heteroatoms. The number of carbonyl (C=O) groups is 1. The molecule has 0 aromatic heterocycles. The van der Waals surface area contributed by atoms with E-state index in [2.05, 4.69) is 10.6 Å². The molecule has 0 saturated carbocycles. The first-order chi connectivity index (χ1) is 6.68. The molecule has 0 unspecified atom stereocenters. The lowest BCUT2D eigenvalue weighted by molar-refractivity contribution is -0.119. The van der Waals surface area contributed by atoms with Gasteiger partial charge in [-0.15, -0.1) is 0 Å². The van der Waals surface area contributed by atoms with Gasteiger partial charge in [0.15, 0.2) is 0 Å². The van der Waals surface area contributed by atoms with Crippen LogP contribution < -0.4 is 10.6 Å². The Hall–Kier alpha value is -1.51. The lowest BCUT2D eigenvalue weighted by atomic mass is 10.3. The van der Waals surface area contributed by atoms with Gasteiger partial charge >= 0.3 is 0 Å². The van der Waals surface area contributed by atoms with Crippen molar-refractivity contribution in [2.45, 2.75) is 19.9 Å². The van der Waals surface area contributed by atoms with Gasteiger partial charge in [0.05, 0.1) is 6.54 Å². The van der Waals surface area contributed by atoms with Gasteiger partial charge in [-0.2, -0.15) is 0 Å². The van der Waals surface area contributed by atoms with Crippen LogP contribution in [0.4, 0.5) is 5.69 Å². The molecule has 0 bridgehead atoms. The number of anilines is 1. The number of hydrogen-bond acceptors (Lipinski definition) is 2. The van der Waals surface area contributed by atoms with E-state index in [1.165, 1.54) is 0 Å². The van der Waals surface area contributed by atoms with E-state index >= 15 is 0 Å². The largest absolute Gasteiger partial charge is 0.376 e. The van der Waals surface area contributed by atoms with Crippen LogP contribution in [0.2, 0.25) is 0 Å². The van der Waals surface area contributed by atoms with Crippen LogP contribution in [0.25, 0.3) is 0 Å². The summed E-state index contributed by atoms with van der Waals surface area (Å²) in [6, 6.07) is 9.87. The second kappa shape index (κ2) is 5.27. The van der Waals surface area contributed by atoms with Crippen molar-refractivity contribution in [3.63, 3.8) is 0 Å². The molecule has 1 rings (SSSR count). The number of hydrogen-bond donors (Lipinski definition) is 2. The van der Waals surface area contributed by atoms with E-state index in [4.69, 9.17) is 0 Å². The zero-order chi connectivity index (χ0) is 10.4. The summed E-state index contributed by atoms with van der Waals surface area (Å²) in [6.45, 7) is 4.21. The average molecular weight is 192 g/mol. The highest BCUT2D eigenvalue weighted by Crippen LogP contribution is 2.03. The maximum atomic E-state index is 11.3. The summed E-state index contributed by atoms with van der Waals surface area (Å²) in [7, 11) is 0.